The lowest BCUT2D eigenvalue weighted by molar-refractivity contribution is -0.189. The van der Waals surface area contributed by atoms with E-state index in [9.17, 15) is 35.1 Å². The number of allylic oxidation sites excluding steroid dienone is 1. The summed E-state index contributed by atoms with van der Waals surface area (Å²) in [4.78, 5) is 0. The van der Waals surface area contributed by atoms with Crippen molar-refractivity contribution in [2.75, 3.05) is 0 Å². The molecule has 176 valence electrons. The number of hydrogen-bond donors (Lipinski definition) is 0. The SMILES string of the molecule is CCCCCc1cc(F)c(C(F)(F)Oc2cc(F)c(OC=CC(F)(F)F)c(Cl)c2)c(F)c1. The van der Waals surface area contributed by atoms with Crippen LogP contribution in [0.4, 0.5) is 35.1 Å². The van der Waals surface area contributed by atoms with Crippen molar-refractivity contribution >= 4 is 11.6 Å². The number of benzene rings is 2. The molecular formula is C21H17ClF8O2. The molecule has 0 aliphatic carbocycles. The second-order valence-electron chi connectivity index (χ2n) is 6.69. The average molecular weight is 489 g/mol. The Morgan fingerprint density at radius 1 is 0.906 bits per heavy atom. The Labute approximate surface area is 183 Å². The minimum atomic E-state index is -4.74. The molecule has 2 nitrogen and oxygen atoms in total. The van der Waals surface area contributed by atoms with Gasteiger partial charge in [0.05, 0.1) is 17.4 Å². The minimum Gasteiger partial charge on any atom is -0.460 e. The zero-order chi connectivity index (χ0) is 24.1. The molecule has 2 aromatic rings. The topological polar surface area (TPSA) is 18.5 Å². The standard InChI is InChI=1S/C21H17ClF8O2/c1-2-3-4-5-12-8-15(23)18(16(24)9-12)21(29,30)32-13-10-14(22)19(17(25)11-13)31-7-6-20(26,27)28/h6-11H,2-5H2,1H3. The lowest BCUT2D eigenvalue weighted by Crippen LogP contribution is -2.25. The van der Waals surface area contributed by atoms with E-state index < -0.39 is 51.8 Å². The predicted octanol–water partition coefficient (Wildman–Crippen LogP) is 8.07. The van der Waals surface area contributed by atoms with Gasteiger partial charge in [0.2, 0.25) is 0 Å². The molecule has 0 heterocycles. The molecule has 32 heavy (non-hydrogen) atoms. The van der Waals surface area contributed by atoms with E-state index in [1.165, 1.54) is 0 Å². The third-order valence-electron chi connectivity index (χ3n) is 4.12. The third kappa shape index (κ3) is 7.01. The van der Waals surface area contributed by atoms with E-state index in [-0.39, 0.29) is 17.9 Å². The van der Waals surface area contributed by atoms with Gasteiger partial charge in [0.1, 0.15) is 22.9 Å². The minimum absolute atomic E-state index is 0.103. The van der Waals surface area contributed by atoms with Crippen molar-refractivity contribution in [1.29, 1.82) is 0 Å². The summed E-state index contributed by atoms with van der Waals surface area (Å²) in [6.07, 6.45) is -6.98. The fourth-order valence-electron chi connectivity index (χ4n) is 2.71. The first-order valence-corrected chi connectivity index (χ1v) is 9.67. The highest BCUT2D eigenvalue weighted by Crippen LogP contribution is 2.39. The van der Waals surface area contributed by atoms with Gasteiger partial charge in [-0.3, -0.25) is 0 Å². The molecule has 0 unspecified atom stereocenters. The second kappa shape index (κ2) is 10.4. The predicted molar refractivity (Wildman–Crippen MR) is 101 cm³/mol. The van der Waals surface area contributed by atoms with Crippen LogP contribution in [0.25, 0.3) is 0 Å². The first-order chi connectivity index (χ1) is 14.8. The fourth-order valence-corrected chi connectivity index (χ4v) is 2.96. The molecule has 0 saturated carbocycles. The summed E-state index contributed by atoms with van der Waals surface area (Å²) in [5.74, 6) is -6.37. The second-order valence-corrected chi connectivity index (χ2v) is 7.10. The first kappa shape index (κ1) is 25.8. The van der Waals surface area contributed by atoms with E-state index in [0.29, 0.717) is 25.0 Å². The van der Waals surface area contributed by atoms with E-state index in [1.54, 1.807) is 0 Å². The highest BCUT2D eigenvalue weighted by molar-refractivity contribution is 6.32. The van der Waals surface area contributed by atoms with Gasteiger partial charge in [0, 0.05) is 12.1 Å². The van der Waals surface area contributed by atoms with E-state index in [1.807, 2.05) is 6.92 Å². The Bertz CT molecular complexity index is 927. The van der Waals surface area contributed by atoms with Crippen molar-refractivity contribution in [3.8, 4) is 11.5 Å². The van der Waals surface area contributed by atoms with E-state index in [2.05, 4.69) is 9.47 Å². The van der Waals surface area contributed by atoms with Crippen LogP contribution in [0.15, 0.2) is 36.6 Å². The van der Waals surface area contributed by atoms with Gasteiger partial charge in [-0.05, 0) is 30.5 Å². The van der Waals surface area contributed by atoms with Crippen LogP contribution in [0.2, 0.25) is 5.02 Å². The molecule has 0 bridgehead atoms. The van der Waals surface area contributed by atoms with Crippen LogP contribution in [-0.2, 0) is 12.5 Å². The normalized spacial score (nSPS) is 12.4. The molecule has 2 aromatic carbocycles. The van der Waals surface area contributed by atoms with Gasteiger partial charge in [-0.2, -0.15) is 22.0 Å². The number of hydrogen-bond acceptors (Lipinski definition) is 2. The Morgan fingerprint density at radius 2 is 1.53 bits per heavy atom. The van der Waals surface area contributed by atoms with Crippen molar-refractivity contribution in [1.82, 2.24) is 0 Å². The summed E-state index contributed by atoms with van der Waals surface area (Å²) < 4.78 is 116. The number of aryl methyl sites for hydroxylation is 1. The van der Waals surface area contributed by atoms with Crippen LogP contribution in [0.1, 0.15) is 37.3 Å². The van der Waals surface area contributed by atoms with Crippen molar-refractivity contribution < 1.29 is 44.6 Å². The number of alkyl halides is 5. The monoisotopic (exact) mass is 488 g/mol. The first-order valence-electron chi connectivity index (χ1n) is 9.29. The van der Waals surface area contributed by atoms with Crippen LogP contribution in [0.5, 0.6) is 11.5 Å². The molecule has 0 spiro atoms. The highest BCUT2D eigenvalue weighted by Gasteiger charge is 2.41. The summed E-state index contributed by atoms with van der Waals surface area (Å²) in [6.45, 7) is 1.93. The molecule has 0 radical (unpaired) electrons. The van der Waals surface area contributed by atoms with Crippen LogP contribution >= 0.6 is 11.6 Å². The van der Waals surface area contributed by atoms with Gasteiger partial charge < -0.3 is 9.47 Å². The Hall–Kier alpha value is -2.49. The molecule has 0 amide bonds. The molecule has 0 aliphatic rings. The number of unbranched alkanes of at least 4 members (excludes halogenated alkanes) is 2. The van der Waals surface area contributed by atoms with Gasteiger partial charge in [0.15, 0.2) is 11.6 Å². The van der Waals surface area contributed by atoms with Crippen molar-refractivity contribution in [3.63, 3.8) is 0 Å². The van der Waals surface area contributed by atoms with Gasteiger partial charge in [-0.25, -0.2) is 13.2 Å². The molecule has 11 heteroatoms. The quantitative estimate of drug-likeness (QED) is 0.202. The molecule has 0 N–H and O–H groups in total. The maximum absolute atomic E-state index is 14.5. The number of halogens is 9. The van der Waals surface area contributed by atoms with Crippen LogP contribution in [0.3, 0.4) is 0 Å². The van der Waals surface area contributed by atoms with Crippen LogP contribution in [-0.4, -0.2) is 6.18 Å². The number of ether oxygens (including phenoxy) is 2. The smallest absolute Gasteiger partial charge is 0.432 e. The fraction of sp³-hybridized carbons (Fsp3) is 0.333. The Morgan fingerprint density at radius 3 is 2.06 bits per heavy atom. The van der Waals surface area contributed by atoms with Gasteiger partial charge in [-0.15, -0.1) is 0 Å². The van der Waals surface area contributed by atoms with E-state index >= 15 is 0 Å². The van der Waals surface area contributed by atoms with Crippen molar-refractivity contribution in [3.05, 3.63) is 70.2 Å². The molecule has 0 saturated heterocycles. The lowest BCUT2D eigenvalue weighted by Gasteiger charge is -2.20. The summed E-state index contributed by atoms with van der Waals surface area (Å²) >= 11 is 5.65. The summed E-state index contributed by atoms with van der Waals surface area (Å²) in [7, 11) is 0. The van der Waals surface area contributed by atoms with Crippen molar-refractivity contribution in [2.24, 2.45) is 0 Å². The highest BCUT2D eigenvalue weighted by atomic mass is 35.5. The number of rotatable bonds is 9. The lowest BCUT2D eigenvalue weighted by atomic mass is 10.0. The van der Waals surface area contributed by atoms with Crippen LogP contribution < -0.4 is 9.47 Å². The van der Waals surface area contributed by atoms with Gasteiger partial charge in [0.25, 0.3) is 0 Å². The summed E-state index contributed by atoms with van der Waals surface area (Å²) in [5, 5.41) is -0.713. The summed E-state index contributed by atoms with van der Waals surface area (Å²) in [5.41, 5.74) is -1.49. The van der Waals surface area contributed by atoms with E-state index in [4.69, 9.17) is 11.6 Å². The molecular weight excluding hydrogens is 472 g/mol. The Kier molecular flexibility index (Phi) is 8.39. The molecule has 0 aliphatic heterocycles. The molecule has 2 rings (SSSR count). The maximum atomic E-state index is 14.5. The average Bonchev–Trinajstić information content (AvgIpc) is 2.62. The molecule has 0 atom stereocenters. The van der Waals surface area contributed by atoms with Crippen molar-refractivity contribution in [2.45, 2.75) is 44.9 Å². The summed E-state index contributed by atoms with van der Waals surface area (Å²) in [6, 6.07) is 2.46. The third-order valence-corrected chi connectivity index (χ3v) is 4.40. The Balaban J connectivity index is 2.25. The zero-order valence-corrected chi connectivity index (χ0v) is 17.3. The van der Waals surface area contributed by atoms with Gasteiger partial charge >= 0.3 is 12.3 Å². The van der Waals surface area contributed by atoms with Crippen LogP contribution in [0, 0.1) is 17.5 Å². The molecule has 0 aromatic heterocycles. The molecule has 0 fully saturated rings. The zero-order valence-electron chi connectivity index (χ0n) is 16.5. The van der Waals surface area contributed by atoms with Gasteiger partial charge in [-0.1, -0.05) is 31.4 Å². The maximum Gasteiger partial charge on any atom is 0.432 e. The van der Waals surface area contributed by atoms with E-state index in [0.717, 1.165) is 25.0 Å². The largest absolute Gasteiger partial charge is 0.460 e.